The molecule has 0 radical (unpaired) electrons. The second-order valence-corrected chi connectivity index (χ2v) is 7.71. The van der Waals surface area contributed by atoms with Gasteiger partial charge in [-0.15, -0.1) is 35.3 Å². The van der Waals surface area contributed by atoms with Crippen molar-refractivity contribution in [2.45, 2.75) is 56.5 Å². The molecule has 1 aliphatic carbocycles. The Hall–Kier alpha value is -0.340. The van der Waals surface area contributed by atoms with Gasteiger partial charge < -0.3 is 15.4 Å². The van der Waals surface area contributed by atoms with E-state index in [4.69, 9.17) is 4.74 Å². The molecule has 3 rings (SSSR count). The van der Waals surface area contributed by atoms with Gasteiger partial charge in [-0.1, -0.05) is 25.3 Å². The van der Waals surface area contributed by atoms with Gasteiger partial charge >= 0.3 is 0 Å². The minimum atomic E-state index is 0. The first-order chi connectivity index (χ1) is 11.3. The molecule has 2 fully saturated rings. The third-order valence-corrected chi connectivity index (χ3v) is 6.31. The van der Waals surface area contributed by atoms with E-state index in [0.29, 0.717) is 6.10 Å². The lowest BCUT2D eigenvalue weighted by Crippen LogP contribution is -2.47. The van der Waals surface area contributed by atoms with Gasteiger partial charge in [-0.2, -0.15) is 0 Å². The summed E-state index contributed by atoms with van der Waals surface area (Å²) < 4.78 is 5.68. The standard InChI is InChI=1S/C18H29N3OS.HI/c1-19-17(20-13-15-7-5-11-22-15)21-14-18(9-3-2-4-10-18)16-8-6-12-23-16;/h6,8,12,15H,2-5,7,9-11,13-14H2,1H3,(H2,19,20,21);1H. The number of thiophene rings is 1. The van der Waals surface area contributed by atoms with E-state index in [1.165, 1.54) is 43.4 Å². The molecule has 1 unspecified atom stereocenters. The van der Waals surface area contributed by atoms with Crippen molar-refractivity contribution in [1.29, 1.82) is 0 Å². The van der Waals surface area contributed by atoms with Gasteiger partial charge in [0.25, 0.3) is 0 Å². The number of hydrogen-bond donors (Lipinski definition) is 2. The molecule has 0 aromatic carbocycles. The molecule has 2 aliphatic rings. The Balaban J connectivity index is 0.00000208. The summed E-state index contributed by atoms with van der Waals surface area (Å²) in [6.45, 7) is 2.73. The highest BCUT2D eigenvalue weighted by atomic mass is 127. The molecule has 136 valence electrons. The monoisotopic (exact) mass is 463 g/mol. The van der Waals surface area contributed by atoms with Crippen molar-refractivity contribution in [2.75, 3.05) is 26.7 Å². The van der Waals surface area contributed by atoms with E-state index in [-0.39, 0.29) is 29.4 Å². The molecule has 0 bridgehead atoms. The Labute approximate surface area is 166 Å². The molecule has 2 heterocycles. The van der Waals surface area contributed by atoms with Crippen LogP contribution in [0.3, 0.4) is 0 Å². The van der Waals surface area contributed by atoms with Crippen molar-refractivity contribution in [3.05, 3.63) is 22.4 Å². The minimum Gasteiger partial charge on any atom is -0.376 e. The van der Waals surface area contributed by atoms with Gasteiger partial charge in [0.2, 0.25) is 0 Å². The summed E-state index contributed by atoms with van der Waals surface area (Å²) in [7, 11) is 1.85. The maximum absolute atomic E-state index is 5.68. The Bertz CT molecular complexity index is 494. The van der Waals surface area contributed by atoms with E-state index >= 15 is 0 Å². The highest BCUT2D eigenvalue weighted by molar-refractivity contribution is 14.0. The van der Waals surface area contributed by atoms with Crippen LogP contribution in [0.4, 0.5) is 0 Å². The number of aliphatic imine (C=N–C) groups is 1. The number of guanidine groups is 1. The zero-order valence-electron chi connectivity index (χ0n) is 14.6. The van der Waals surface area contributed by atoms with Crippen LogP contribution < -0.4 is 10.6 Å². The first-order valence-electron chi connectivity index (χ1n) is 8.92. The van der Waals surface area contributed by atoms with Gasteiger partial charge in [-0.3, -0.25) is 4.99 Å². The summed E-state index contributed by atoms with van der Waals surface area (Å²) in [6.07, 6.45) is 9.28. The average molecular weight is 463 g/mol. The topological polar surface area (TPSA) is 45.7 Å². The number of rotatable bonds is 5. The van der Waals surface area contributed by atoms with Crippen LogP contribution in [0, 0.1) is 0 Å². The van der Waals surface area contributed by atoms with Crippen LogP contribution in [0.5, 0.6) is 0 Å². The molecule has 0 amide bonds. The van der Waals surface area contributed by atoms with Crippen molar-refractivity contribution < 1.29 is 4.74 Å². The summed E-state index contributed by atoms with van der Waals surface area (Å²) in [5.41, 5.74) is 0.286. The third kappa shape index (κ3) is 5.08. The van der Waals surface area contributed by atoms with Crippen LogP contribution in [-0.2, 0) is 10.2 Å². The molecule has 1 aromatic rings. The fourth-order valence-corrected chi connectivity index (χ4v) is 4.80. The lowest BCUT2D eigenvalue weighted by molar-refractivity contribution is 0.113. The van der Waals surface area contributed by atoms with Gasteiger partial charge in [-0.05, 0) is 37.1 Å². The molecule has 1 aromatic heterocycles. The zero-order valence-corrected chi connectivity index (χ0v) is 17.7. The fourth-order valence-electron chi connectivity index (χ4n) is 3.81. The Morgan fingerprint density at radius 2 is 2.12 bits per heavy atom. The molecular formula is C18H30IN3OS. The van der Waals surface area contributed by atoms with Gasteiger partial charge in [0.1, 0.15) is 0 Å². The highest BCUT2D eigenvalue weighted by Gasteiger charge is 2.34. The summed E-state index contributed by atoms with van der Waals surface area (Å²) in [6, 6.07) is 4.49. The van der Waals surface area contributed by atoms with Crippen LogP contribution in [0.2, 0.25) is 0 Å². The van der Waals surface area contributed by atoms with Crippen LogP contribution in [0.25, 0.3) is 0 Å². The number of hydrogen-bond acceptors (Lipinski definition) is 3. The van der Waals surface area contributed by atoms with Crippen molar-refractivity contribution in [1.82, 2.24) is 10.6 Å². The van der Waals surface area contributed by atoms with Gasteiger partial charge in [-0.25, -0.2) is 0 Å². The van der Waals surface area contributed by atoms with E-state index in [2.05, 4.69) is 33.1 Å². The predicted molar refractivity (Wildman–Crippen MR) is 113 cm³/mol. The molecule has 1 atom stereocenters. The van der Waals surface area contributed by atoms with Crippen molar-refractivity contribution >= 4 is 41.3 Å². The van der Waals surface area contributed by atoms with E-state index < -0.39 is 0 Å². The zero-order chi connectivity index (χ0) is 16.0. The van der Waals surface area contributed by atoms with Crippen LogP contribution in [-0.4, -0.2) is 38.8 Å². The van der Waals surface area contributed by atoms with E-state index in [0.717, 1.165) is 32.1 Å². The number of nitrogens with one attached hydrogen (secondary N) is 2. The molecule has 24 heavy (non-hydrogen) atoms. The highest BCUT2D eigenvalue weighted by Crippen LogP contribution is 2.41. The van der Waals surface area contributed by atoms with Crippen LogP contribution in [0.1, 0.15) is 49.8 Å². The largest absolute Gasteiger partial charge is 0.376 e. The second kappa shape index (κ2) is 9.97. The predicted octanol–water partition coefficient (Wildman–Crippen LogP) is 3.91. The average Bonchev–Trinajstić information content (AvgIpc) is 3.30. The number of halogens is 1. The van der Waals surface area contributed by atoms with E-state index in [9.17, 15) is 0 Å². The molecule has 1 saturated heterocycles. The lowest BCUT2D eigenvalue weighted by Gasteiger charge is -2.37. The first kappa shape index (κ1) is 20.0. The van der Waals surface area contributed by atoms with Gasteiger partial charge in [0.15, 0.2) is 5.96 Å². The van der Waals surface area contributed by atoms with Gasteiger partial charge in [0, 0.05) is 37.0 Å². The summed E-state index contributed by atoms with van der Waals surface area (Å²) in [5, 5.41) is 9.22. The summed E-state index contributed by atoms with van der Waals surface area (Å²) in [5.74, 6) is 0.905. The SMILES string of the molecule is CN=C(NCC1CCCO1)NCC1(c2cccs2)CCCCC1.I. The molecule has 1 aliphatic heterocycles. The molecule has 4 nitrogen and oxygen atoms in total. The molecule has 6 heteroatoms. The maximum Gasteiger partial charge on any atom is 0.191 e. The maximum atomic E-state index is 5.68. The molecule has 0 spiro atoms. The minimum absolute atomic E-state index is 0. The third-order valence-electron chi connectivity index (χ3n) is 5.19. The lowest BCUT2D eigenvalue weighted by atomic mass is 9.73. The van der Waals surface area contributed by atoms with Gasteiger partial charge in [0.05, 0.1) is 6.10 Å². The fraction of sp³-hybridized carbons (Fsp3) is 0.722. The summed E-state index contributed by atoms with van der Waals surface area (Å²) >= 11 is 1.90. The molecule has 2 N–H and O–H groups in total. The first-order valence-corrected chi connectivity index (χ1v) is 9.80. The van der Waals surface area contributed by atoms with Crippen molar-refractivity contribution in [3.63, 3.8) is 0 Å². The Morgan fingerprint density at radius 3 is 2.75 bits per heavy atom. The van der Waals surface area contributed by atoms with Crippen LogP contribution in [0.15, 0.2) is 22.5 Å². The molecule has 1 saturated carbocycles. The Morgan fingerprint density at radius 1 is 1.29 bits per heavy atom. The van der Waals surface area contributed by atoms with E-state index in [1.54, 1.807) is 0 Å². The second-order valence-electron chi connectivity index (χ2n) is 6.76. The smallest absolute Gasteiger partial charge is 0.191 e. The van der Waals surface area contributed by atoms with E-state index in [1.807, 2.05) is 18.4 Å². The van der Waals surface area contributed by atoms with Crippen molar-refractivity contribution in [3.8, 4) is 0 Å². The van der Waals surface area contributed by atoms with Crippen LogP contribution >= 0.6 is 35.3 Å². The number of nitrogens with zero attached hydrogens (tertiary/aromatic N) is 1. The quantitative estimate of drug-likeness (QED) is 0.396. The van der Waals surface area contributed by atoms with Crippen molar-refractivity contribution in [2.24, 2.45) is 4.99 Å². The normalized spacial score (nSPS) is 23.5. The molecular weight excluding hydrogens is 433 g/mol. The summed E-state index contributed by atoms with van der Waals surface area (Å²) in [4.78, 5) is 5.92. The Kier molecular flexibility index (Phi) is 8.30. The number of ether oxygens (including phenoxy) is 1.